The maximum atomic E-state index is 12.2. The molecule has 2 heterocycles. The number of aromatic amines is 1. The van der Waals surface area contributed by atoms with E-state index in [2.05, 4.69) is 20.6 Å². The Morgan fingerprint density at radius 1 is 1.29 bits per heavy atom. The first-order valence-electron chi connectivity index (χ1n) is 7.25. The van der Waals surface area contributed by atoms with Crippen molar-refractivity contribution in [3.63, 3.8) is 0 Å². The van der Waals surface area contributed by atoms with Crippen molar-refractivity contribution in [2.45, 2.75) is 20.3 Å². The number of carbonyl (C=O) groups is 1. The van der Waals surface area contributed by atoms with Gasteiger partial charge in [-0.1, -0.05) is 23.2 Å². The van der Waals surface area contributed by atoms with E-state index in [0.29, 0.717) is 15.7 Å². The number of carbonyl (C=O) groups excluding carboxylic acids is 1. The number of halogens is 2. The van der Waals surface area contributed by atoms with Crippen LogP contribution in [-0.2, 0) is 11.2 Å². The van der Waals surface area contributed by atoms with Gasteiger partial charge in [-0.3, -0.25) is 9.89 Å². The highest BCUT2D eigenvalue weighted by atomic mass is 35.5. The minimum atomic E-state index is -0.128. The summed E-state index contributed by atoms with van der Waals surface area (Å²) in [5, 5.41) is 14.7. The molecule has 0 fully saturated rings. The Morgan fingerprint density at radius 2 is 2.08 bits per heavy atom. The van der Waals surface area contributed by atoms with Crippen LogP contribution in [0.4, 0.5) is 5.69 Å². The second-order valence-electron chi connectivity index (χ2n) is 5.37. The molecule has 0 bridgehead atoms. The van der Waals surface area contributed by atoms with E-state index in [-0.39, 0.29) is 12.3 Å². The number of aryl methyl sites for hydroxylation is 1. The first-order valence-corrected chi connectivity index (χ1v) is 8.00. The maximum Gasteiger partial charge on any atom is 0.229 e. The van der Waals surface area contributed by atoms with E-state index in [4.69, 9.17) is 23.2 Å². The quantitative estimate of drug-likeness (QED) is 0.741. The number of rotatable bonds is 4. The largest absolute Gasteiger partial charge is 0.323 e. The molecule has 24 heavy (non-hydrogen) atoms. The number of hydrogen-bond donors (Lipinski definition) is 2. The van der Waals surface area contributed by atoms with Gasteiger partial charge in [0.25, 0.3) is 0 Å². The molecule has 2 N–H and O–H groups in total. The van der Waals surface area contributed by atoms with Gasteiger partial charge < -0.3 is 5.32 Å². The first-order chi connectivity index (χ1) is 11.5. The molecule has 0 aliphatic heterocycles. The molecule has 0 saturated heterocycles. The van der Waals surface area contributed by atoms with Crippen LogP contribution in [0.5, 0.6) is 0 Å². The van der Waals surface area contributed by atoms with E-state index < -0.39 is 0 Å². The Bertz CT molecular complexity index is 886. The summed E-state index contributed by atoms with van der Waals surface area (Å²) in [5.41, 5.74) is 3.98. The molecule has 3 rings (SSSR count). The monoisotopic (exact) mass is 363 g/mol. The summed E-state index contributed by atoms with van der Waals surface area (Å²) in [5.74, 6) is -0.128. The van der Waals surface area contributed by atoms with Crippen LogP contribution in [0.15, 0.2) is 30.6 Å². The van der Waals surface area contributed by atoms with Crippen molar-refractivity contribution in [3.8, 4) is 5.69 Å². The molecule has 2 aromatic heterocycles. The van der Waals surface area contributed by atoms with Gasteiger partial charge in [0.15, 0.2) is 0 Å². The molecule has 3 aromatic rings. The summed E-state index contributed by atoms with van der Waals surface area (Å²) in [4.78, 5) is 12.2. The van der Waals surface area contributed by atoms with Gasteiger partial charge in [-0.15, -0.1) is 0 Å². The van der Waals surface area contributed by atoms with Crippen molar-refractivity contribution in [1.82, 2.24) is 20.0 Å². The van der Waals surface area contributed by atoms with Crippen LogP contribution < -0.4 is 5.32 Å². The molecule has 0 spiro atoms. The standard InChI is InChI=1S/C16H15Cl2N5O/c1-9-13(6-16(24)21-11-7-19-20-8-11)10(2)23(22-9)12-3-4-14(17)15(18)5-12/h3-5,7-8H,6H2,1-2H3,(H,19,20)(H,21,24). The maximum absolute atomic E-state index is 12.2. The van der Waals surface area contributed by atoms with Gasteiger partial charge in [0.2, 0.25) is 5.91 Å². The molecule has 0 aliphatic rings. The Labute approximate surface area is 148 Å². The summed E-state index contributed by atoms with van der Waals surface area (Å²) in [6.07, 6.45) is 3.40. The number of hydrogen-bond acceptors (Lipinski definition) is 3. The van der Waals surface area contributed by atoms with E-state index in [1.54, 1.807) is 29.2 Å². The average molecular weight is 364 g/mol. The summed E-state index contributed by atoms with van der Waals surface area (Å²) in [7, 11) is 0. The van der Waals surface area contributed by atoms with Gasteiger partial charge >= 0.3 is 0 Å². The number of benzene rings is 1. The van der Waals surface area contributed by atoms with E-state index in [0.717, 1.165) is 22.6 Å². The van der Waals surface area contributed by atoms with E-state index in [1.807, 2.05) is 19.9 Å². The summed E-state index contributed by atoms with van der Waals surface area (Å²) in [6, 6.07) is 5.31. The van der Waals surface area contributed by atoms with Gasteiger partial charge in [-0.25, -0.2) is 4.68 Å². The summed E-state index contributed by atoms with van der Waals surface area (Å²) in [6.45, 7) is 3.80. The van der Waals surface area contributed by atoms with Crippen LogP contribution in [0.25, 0.3) is 5.69 Å². The Hall–Kier alpha value is -2.31. The fraction of sp³-hybridized carbons (Fsp3) is 0.188. The van der Waals surface area contributed by atoms with Gasteiger partial charge in [0, 0.05) is 17.5 Å². The highest BCUT2D eigenvalue weighted by molar-refractivity contribution is 6.42. The molecule has 124 valence electrons. The molecule has 1 amide bonds. The third-order valence-corrected chi connectivity index (χ3v) is 4.45. The van der Waals surface area contributed by atoms with Crippen LogP contribution in [0.2, 0.25) is 10.0 Å². The Morgan fingerprint density at radius 3 is 2.75 bits per heavy atom. The number of nitrogens with zero attached hydrogens (tertiary/aromatic N) is 3. The van der Waals surface area contributed by atoms with Gasteiger partial charge in [-0.05, 0) is 32.0 Å². The second kappa shape index (κ2) is 6.67. The van der Waals surface area contributed by atoms with Crippen LogP contribution in [0.3, 0.4) is 0 Å². The number of anilines is 1. The molecule has 1 aromatic carbocycles. The molecule has 8 heteroatoms. The van der Waals surface area contributed by atoms with Crippen molar-refractivity contribution >= 4 is 34.8 Å². The SMILES string of the molecule is Cc1nn(-c2ccc(Cl)c(Cl)c2)c(C)c1CC(=O)Nc1cn[nH]c1. The van der Waals surface area contributed by atoms with Crippen molar-refractivity contribution < 1.29 is 4.79 Å². The van der Waals surface area contributed by atoms with E-state index in [1.165, 1.54) is 0 Å². The molecule has 0 atom stereocenters. The molecule has 6 nitrogen and oxygen atoms in total. The molecular weight excluding hydrogens is 349 g/mol. The molecule has 0 saturated carbocycles. The highest BCUT2D eigenvalue weighted by Crippen LogP contribution is 2.26. The number of amides is 1. The Balaban J connectivity index is 1.86. The minimum Gasteiger partial charge on any atom is -0.323 e. The predicted octanol–water partition coefficient (Wildman–Crippen LogP) is 3.70. The Kier molecular flexibility index (Phi) is 4.59. The van der Waals surface area contributed by atoms with Crippen LogP contribution in [0, 0.1) is 13.8 Å². The third-order valence-electron chi connectivity index (χ3n) is 3.71. The number of nitrogens with one attached hydrogen (secondary N) is 2. The lowest BCUT2D eigenvalue weighted by molar-refractivity contribution is -0.115. The molecule has 0 unspecified atom stereocenters. The normalized spacial score (nSPS) is 10.8. The van der Waals surface area contributed by atoms with Crippen LogP contribution in [0.1, 0.15) is 17.0 Å². The van der Waals surface area contributed by atoms with E-state index in [9.17, 15) is 4.79 Å². The lowest BCUT2D eigenvalue weighted by atomic mass is 10.1. The molecular formula is C16H15Cl2N5O. The van der Waals surface area contributed by atoms with Crippen LogP contribution >= 0.6 is 23.2 Å². The number of aromatic nitrogens is 4. The minimum absolute atomic E-state index is 0.128. The van der Waals surface area contributed by atoms with Gasteiger partial charge in [-0.2, -0.15) is 10.2 Å². The molecule has 0 radical (unpaired) electrons. The molecule has 0 aliphatic carbocycles. The van der Waals surface area contributed by atoms with Crippen molar-refractivity contribution in [1.29, 1.82) is 0 Å². The van der Waals surface area contributed by atoms with E-state index >= 15 is 0 Å². The third kappa shape index (κ3) is 3.29. The fourth-order valence-electron chi connectivity index (χ4n) is 2.48. The summed E-state index contributed by atoms with van der Waals surface area (Å²) < 4.78 is 1.76. The fourth-order valence-corrected chi connectivity index (χ4v) is 2.78. The highest BCUT2D eigenvalue weighted by Gasteiger charge is 2.16. The zero-order chi connectivity index (χ0) is 17.3. The topological polar surface area (TPSA) is 75.6 Å². The number of H-pyrrole nitrogens is 1. The predicted molar refractivity (Wildman–Crippen MR) is 94.0 cm³/mol. The smallest absolute Gasteiger partial charge is 0.229 e. The van der Waals surface area contributed by atoms with Gasteiger partial charge in [0.05, 0.1) is 39.7 Å². The van der Waals surface area contributed by atoms with Crippen molar-refractivity contribution in [3.05, 3.63) is 57.6 Å². The van der Waals surface area contributed by atoms with Crippen LogP contribution in [-0.4, -0.2) is 25.9 Å². The lowest BCUT2D eigenvalue weighted by Gasteiger charge is -2.07. The van der Waals surface area contributed by atoms with Crippen molar-refractivity contribution in [2.24, 2.45) is 0 Å². The van der Waals surface area contributed by atoms with Gasteiger partial charge in [0.1, 0.15) is 0 Å². The zero-order valence-electron chi connectivity index (χ0n) is 13.1. The zero-order valence-corrected chi connectivity index (χ0v) is 14.6. The first kappa shape index (κ1) is 16.5. The lowest BCUT2D eigenvalue weighted by Crippen LogP contribution is -2.15. The average Bonchev–Trinajstić information content (AvgIpc) is 3.13. The second-order valence-corrected chi connectivity index (χ2v) is 6.19. The van der Waals surface area contributed by atoms with Crippen molar-refractivity contribution in [2.75, 3.05) is 5.32 Å². The summed E-state index contributed by atoms with van der Waals surface area (Å²) >= 11 is 12.0.